The number of nitrogen functional groups attached to an aromatic ring is 1. The van der Waals surface area contributed by atoms with Crippen molar-refractivity contribution in [3.05, 3.63) is 45.6 Å². The van der Waals surface area contributed by atoms with Gasteiger partial charge in [0.05, 0.1) is 0 Å². The van der Waals surface area contributed by atoms with Crippen LogP contribution in [0, 0.1) is 4.77 Å². The highest BCUT2D eigenvalue weighted by atomic mass is 32.1. The third-order valence-corrected chi connectivity index (χ3v) is 2.13. The summed E-state index contributed by atoms with van der Waals surface area (Å²) in [5.41, 5.74) is 5.38. The first-order chi connectivity index (χ1) is 7.18. The molecule has 2 rings (SSSR count). The van der Waals surface area contributed by atoms with Gasteiger partial charge in [0, 0.05) is 12.3 Å². The van der Waals surface area contributed by atoms with Gasteiger partial charge in [0.1, 0.15) is 11.6 Å². The fourth-order valence-electron chi connectivity index (χ4n) is 1.24. The Kier molecular flexibility index (Phi) is 2.34. The van der Waals surface area contributed by atoms with Crippen LogP contribution in [-0.2, 0) is 0 Å². The highest BCUT2D eigenvalue weighted by Gasteiger charge is 2.02. The van der Waals surface area contributed by atoms with Gasteiger partial charge in [0.25, 0.3) is 5.56 Å². The molecule has 0 aliphatic heterocycles. The van der Waals surface area contributed by atoms with Crippen LogP contribution < -0.4 is 11.3 Å². The van der Waals surface area contributed by atoms with Gasteiger partial charge in [-0.3, -0.25) is 14.3 Å². The summed E-state index contributed by atoms with van der Waals surface area (Å²) in [6, 6.07) is 6.62. The molecule has 2 heterocycles. The van der Waals surface area contributed by atoms with Crippen molar-refractivity contribution in [1.29, 1.82) is 0 Å². The van der Waals surface area contributed by atoms with Crippen LogP contribution in [0.1, 0.15) is 0 Å². The van der Waals surface area contributed by atoms with Gasteiger partial charge in [0.2, 0.25) is 0 Å². The standard InChI is InChI=1S/C9H8N4OS/c10-6-5-8(14)12-9(15)13(6)7-3-1-2-4-11-7/h1-5H,10H2,(H,12,14,15). The number of hydrogen-bond donors (Lipinski definition) is 2. The van der Waals surface area contributed by atoms with E-state index < -0.39 is 0 Å². The summed E-state index contributed by atoms with van der Waals surface area (Å²) in [5, 5.41) is 0. The molecule has 0 amide bonds. The third-order valence-electron chi connectivity index (χ3n) is 1.85. The fraction of sp³-hybridized carbons (Fsp3) is 0. The molecule has 0 aliphatic carbocycles. The lowest BCUT2D eigenvalue weighted by Crippen LogP contribution is -2.15. The minimum atomic E-state index is -0.315. The zero-order valence-electron chi connectivity index (χ0n) is 7.68. The predicted octanol–water partition coefficient (Wildman–Crippen LogP) is 0.872. The number of H-pyrrole nitrogens is 1. The lowest BCUT2D eigenvalue weighted by Gasteiger charge is -2.07. The van der Waals surface area contributed by atoms with Crippen molar-refractivity contribution in [2.75, 3.05) is 5.73 Å². The molecule has 0 aromatic carbocycles. The second kappa shape index (κ2) is 3.66. The molecular formula is C9H8N4OS. The zero-order valence-corrected chi connectivity index (χ0v) is 8.49. The molecule has 0 saturated heterocycles. The van der Waals surface area contributed by atoms with E-state index in [1.807, 2.05) is 6.07 Å². The molecule has 2 aromatic rings. The van der Waals surface area contributed by atoms with Crippen LogP contribution in [0.2, 0.25) is 0 Å². The summed E-state index contributed by atoms with van der Waals surface area (Å²) < 4.78 is 1.73. The first-order valence-corrected chi connectivity index (χ1v) is 4.62. The maximum absolute atomic E-state index is 11.1. The maximum Gasteiger partial charge on any atom is 0.253 e. The monoisotopic (exact) mass is 220 g/mol. The first-order valence-electron chi connectivity index (χ1n) is 4.22. The maximum atomic E-state index is 11.1. The summed E-state index contributed by atoms with van der Waals surface area (Å²) in [7, 11) is 0. The van der Waals surface area contributed by atoms with Crippen LogP contribution in [0.3, 0.4) is 0 Å². The van der Waals surface area contributed by atoms with E-state index in [2.05, 4.69) is 9.97 Å². The van der Waals surface area contributed by atoms with Gasteiger partial charge in [-0.15, -0.1) is 0 Å². The van der Waals surface area contributed by atoms with Crippen molar-refractivity contribution in [2.24, 2.45) is 0 Å². The molecule has 3 N–H and O–H groups in total. The highest BCUT2D eigenvalue weighted by Crippen LogP contribution is 2.08. The van der Waals surface area contributed by atoms with E-state index in [1.165, 1.54) is 10.6 Å². The quantitative estimate of drug-likeness (QED) is 0.699. The van der Waals surface area contributed by atoms with E-state index in [0.29, 0.717) is 5.82 Å². The second-order valence-electron chi connectivity index (χ2n) is 2.89. The van der Waals surface area contributed by atoms with Crippen LogP contribution in [0.25, 0.3) is 5.82 Å². The van der Waals surface area contributed by atoms with E-state index >= 15 is 0 Å². The minimum Gasteiger partial charge on any atom is -0.385 e. The van der Waals surface area contributed by atoms with Gasteiger partial charge in [0.15, 0.2) is 4.77 Å². The number of nitrogens with one attached hydrogen (secondary N) is 1. The Bertz CT molecular complexity index is 587. The third kappa shape index (κ3) is 1.79. The molecule has 0 saturated carbocycles. The average molecular weight is 220 g/mol. The number of nitrogens with zero attached hydrogens (tertiary/aromatic N) is 2. The van der Waals surface area contributed by atoms with Gasteiger partial charge >= 0.3 is 0 Å². The van der Waals surface area contributed by atoms with Gasteiger partial charge in [-0.25, -0.2) is 4.98 Å². The molecule has 5 nitrogen and oxygen atoms in total. The number of aromatic nitrogens is 3. The molecule has 0 aliphatic rings. The van der Waals surface area contributed by atoms with Gasteiger partial charge in [-0.2, -0.15) is 0 Å². The number of aromatic amines is 1. The van der Waals surface area contributed by atoms with E-state index in [4.69, 9.17) is 18.0 Å². The smallest absolute Gasteiger partial charge is 0.253 e. The molecule has 0 spiro atoms. The van der Waals surface area contributed by atoms with E-state index in [9.17, 15) is 4.79 Å². The molecule has 15 heavy (non-hydrogen) atoms. The minimum absolute atomic E-state index is 0.235. The summed E-state index contributed by atoms with van der Waals surface area (Å²) in [5.74, 6) is 0.846. The van der Waals surface area contributed by atoms with E-state index in [1.54, 1.807) is 18.3 Å². The van der Waals surface area contributed by atoms with Crippen molar-refractivity contribution in [2.45, 2.75) is 0 Å². The predicted molar refractivity (Wildman–Crippen MR) is 59.4 cm³/mol. The SMILES string of the molecule is Nc1cc(=O)[nH]c(=S)n1-c1ccccn1. The van der Waals surface area contributed by atoms with Crippen molar-refractivity contribution in [1.82, 2.24) is 14.5 Å². The Hall–Kier alpha value is -1.95. The molecule has 0 unspecified atom stereocenters. The average Bonchev–Trinajstić information content (AvgIpc) is 2.17. The van der Waals surface area contributed by atoms with Crippen LogP contribution in [0.5, 0.6) is 0 Å². The lowest BCUT2D eigenvalue weighted by atomic mass is 10.4. The Labute approximate surface area is 90.2 Å². The molecule has 0 atom stereocenters. The highest BCUT2D eigenvalue weighted by molar-refractivity contribution is 7.71. The topological polar surface area (TPSA) is 76.7 Å². The van der Waals surface area contributed by atoms with Crippen LogP contribution in [0.15, 0.2) is 35.3 Å². The Balaban J connectivity index is 2.75. The van der Waals surface area contributed by atoms with E-state index in [-0.39, 0.29) is 16.1 Å². The Morgan fingerprint density at radius 2 is 2.27 bits per heavy atom. The largest absolute Gasteiger partial charge is 0.385 e. The fourth-order valence-corrected chi connectivity index (χ4v) is 1.54. The zero-order chi connectivity index (χ0) is 10.8. The number of pyridine rings is 1. The molecule has 6 heteroatoms. The van der Waals surface area contributed by atoms with Crippen LogP contribution in [-0.4, -0.2) is 14.5 Å². The number of nitrogens with two attached hydrogens (primary N) is 1. The molecule has 0 fully saturated rings. The van der Waals surface area contributed by atoms with Crippen molar-refractivity contribution in [3.8, 4) is 5.82 Å². The Morgan fingerprint density at radius 3 is 2.87 bits per heavy atom. The normalized spacial score (nSPS) is 10.1. The van der Waals surface area contributed by atoms with Crippen LogP contribution >= 0.6 is 12.2 Å². The molecule has 76 valence electrons. The molecular weight excluding hydrogens is 212 g/mol. The summed E-state index contributed by atoms with van der Waals surface area (Å²) in [4.78, 5) is 17.6. The van der Waals surface area contributed by atoms with Gasteiger partial charge in [-0.05, 0) is 24.4 Å². The van der Waals surface area contributed by atoms with Crippen molar-refractivity contribution >= 4 is 18.0 Å². The summed E-state index contributed by atoms with van der Waals surface area (Å²) >= 11 is 5.00. The summed E-state index contributed by atoms with van der Waals surface area (Å²) in [6.07, 6.45) is 1.63. The number of rotatable bonds is 1. The van der Waals surface area contributed by atoms with Crippen molar-refractivity contribution in [3.63, 3.8) is 0 Å². The van der Waals surface area contributed by atoms with Gasteiger partial charge < -0.3 is 5.73 Å². The number of hydrogen-bond acceptors (Lipinski definition) is 4. The number of anilines is 1. The van der Waals surface area contributed by atoms with Crippen LogP contribution in [0.4, 0.5) is 5.82 Å². The molecule has 0 bridgehead atoms. The van der Waals surface area contributed by atoms with E-state index in [0.717, 1.165) is 0 Å². The Morgan fingerprint density at radius 1 is 1.47 bits per heavy atom. The first kappa shape index (κ1) is 9.60. The molecule has 2 aromatic heterocycles. The lowest BCUT2D eigenvalue weighted by molar-refractivity contribution is 0.915. The van der Waals surface area contributed by atoms with Crippen molar-refractivity contribution < 1.29 is 0 Å². The summed E-state index contributed by atoms with van der Waals surface area (Å²) in [6.45, 7) is 0. The second-order valence-corrected chi connectivity index (χ2v) is 3.27. The van der Waals surface area contributed by atoms with Gasteiger partial charge in [-0.1, -0.05) is 6.07 Å². The molecule has 0 radical (unpaired) electrons.